The number of benzene rings is 1. The van der Waals surface area contributed by atoms with E-state index in [0.717, 1.165) is 32.1 Å². The molecule has 1 aliphatic carbocycles. The van der Waals surface area contributed by atoms with Gasteiger partial charge in [0.15, 0.2) is 0 Å². The van der Waals surface area contributed by atoms with Crippen LogP contribution in [0.4, 0.5) is 30.6 Å². The van der Waals surface area contributed by atoms with Crippen molar-refractivity contribution < 1.29 is 22.8 Å². The van der Waals surface area contributed by atoms with Crippen molar-refractivity contribution in [3.8, 4) is 0 Å². The Bertz CT molecular complexity index is 1160. The number of nitrogens with one attached hydrogen (secondary N) is 3. The van der Waals surface area contributed by atoms with Gasteiger partial charge in [-0.2, -0.15) is 18.2 Å². The largest absolute Gasteiger partial charge is 0.421 e. The van der Waals surface area contributed by atoms with Gasteiger partial charge in [0.1, 0.15) is 11.4 Å². The minimum atomic E-state index is -4.64. The number of nitrogens with zero attached hydrogens (tertiary/aromatic N) is 4. The highest BCUT2D eigenvalue weighted by Crippen LogP contribution is 2.37. The van der Waals surface area contributed by atoms with E-state index in [-0.39, 0.29) is 47.6 Å². The summed E-state index contributed by atoms with van der Waals surface area (Å²) in [7, 11) is 3.89. The van der Waals surface area contributed by atoms with Gasteiger partial charge in [-0.3, -0.25) is 9.59 Å². The SMILES string of the molecule is CC(C)NC(=O)[C@H]1C[C@@H](Nc2nc(Nc3ccc(C(=O)N(C)C4CCN(C)CC4)cc3)ncc2C(F)(F)F)C1. The number of rotatable bonds is 8. The first-order valence-electron chi connectivity index (χ1n) is 13.2. The Morgan fingerprint density at radius 1 is 1.10 bits per heavy atom. The van der Waals surface area contributed by atoms with Crippen molar-refractivity contribution in [3.63, 3.8) is 0 Å². The molecule has 1 aromatic heterocycles. The number of hydrogen-bond acceptors (Lipinski definition) is 7. The summed E-state index contributed by atoms with van der Waals surface area (Å²) in [6, 6.07) is 6.59. The molecule has 4 rings (SSSR count). The molecule has 3 N–H and O–H groups in total. The Labute approximate surface area is 226 Å². The van der Waals surface area contributed by atoms with E-state index >= 15 is 0 Å². The third-order valence-electron chi connectivity index (χ3n) is 7.32. The number of carbonyl (C=O) groups is 2. The van der Waals surface area contributed by atoms with E-state index in [2.05, 4.69) is 37.9 Å². The van der Waals surface area contributed by atoms with E-state index in [1.807, 2.05) is 20.9 Å². The van der Waals surface area contributed by atoms with Crippen molar-refractivity contribution in [2.24, 2.45) is 5.92 Å². The third-order valence-corrected chi connectivity index (χ3v) is 7.32. The van der Waals surface area contributed by atoms with Crippen molar-refractivity contribution in [2.75, 3.05) is 37.8 Å². The first kappa shape index (κ1) is 28.6. The van der Waals surface area contributed by atoms with E-state index in [1.54, 1.807) is 29.2 Å². The quantitative estimate of drug-likeness (QED) is 0.457. The summed E-state index contributed by atoms with van der Waals surface area (Å²) < 4.78 is 40.9. The molecule has 0 unspecified atom stereocenters. The highest BCUT2D eigenvalue weighted by Gasteiger charge is 2.39. The molecule has 2 amide bonds. The van der Waals surface area contributed by atoms with E-state index in [9.17, 15) is 22.8 Å². The fourth-order valence-electron chi connectivity index (χ4n) is 4.88. The molecule has 1 saturated heterocycles. The molecule has 39 heavy (non-hydrogen) atoms. The summed E-state index contributed by atoms with van der Waals surface area (Å²) in [6.07, 6.45) is -1.21. The van der Waals surface area contributed by atoms with Gasteiger partial charge in [-0.15, -0.1) is 0 Å². The standard InChI is InChI=1S/C27H36F3N7O2/c1-16(2)32-24(38)18-13-20(14-18)33-23-22(27(28,29)30)15-31-26(35-23)34-19-7-5-17(6-8-19)25(39)37(4)21-9-11-36(3)12-10-21/h5-8,15-16,18,20-21H,9-14H2,1-4H3,(H,32,38)(H2,31,33,34,35)/t18-,20+. The van der Waals surface area contributed by atoms with Crippen molar-refractivity contribution in [1.82, 2.24) is 25.1 Å². The molecule has 12 heteroatoms. The molecule has 0 bridgehead atoms. The molecule has 2 aromatic rings. The summed E-state index contributed by atoms with van der Waals surface area (Å²) in [5.74, 6) is -0.753. The molecule has 1 saturated carbocycles. The van der Waals surface area contributed by atoms with Crippen LogP contribution in [0.3, 0.4) is 0 Å². The second-order valence-corrected chi connectivity index (χ2v) is 10.8. The van der Waals surface area contributed by atoms with Crippen LogP contribution in [-0.2, 0) is 11.0 Å². The molecule has 212 valence electrons. The average molecular weight is 548 g/mol. The average Bonchev–Trinajstić information content (AvgIpc) is 2.85. The van der Waals surface area contributed by atoms with Crippen molar-refractivity contribution in [2.45, 2.75) is 63.8 Å². The fraction of sp³-hybridized carbons (Fsp3) is 0.556. The van der Waals surface area contributed by atoms with E-state index in [1.165, 1.54) is 0 Å². The monoisotopic (exact) mass is 547 g/mol. The number of piperidine rings is 1. The lowest BCUT2D eigenvalue weighted by Crippen LogP contribution is -2.46. The summed E-state index contributed by atoms with van der Waals surface area (Å²) in [5, 5.41) is 8.59. The molecule has 1 aliphatic heterocycles. The van der Waals surface area contributed by atoms with Crippen molar-refractivity contribution in [1.29, 1.82) is 0 Å². The lowest BCUT2D eigenvalue weighted by atomic mass is 9.79. The fourth-order valence-corrected chi connectivity index (χ4v) is 4.88. The minimum Gasteiger partial charge on any atom is -0.367 e. The summed E-state index contributed by atoms with van der Waals surface area (Å²) in [4.78, 5) is 37.1. The molecule has 2 aliphatic rings. The summed E-state index contributed by atoms with van der Waals surface area (Å²) in [5.41, 5.74) is 0.0907. The number of halogens is 3. The molecular weight excluding hydrogens is 511 g/mol. The maximum Gasteiger partial charge on any atom is 0.421 e. The molecule has 0 radical (unpaired) electrons. The Hall–Kier alpha value is -3.41. The highest BCUT2D eigenvalue weighted by atomic mass is 19.4. The van der Waals surface area contributed by atoms with Crippen LogP contribution >= 0.6 is 0 Å². The van der Waals surface area contributed by atoms with Crippen LogP contribution in [0.1, 0.15) is 55.5 Å². The number of aromatic nitrogens is 2. The maximum absolute atomic E-state index is 13.6. The molecule has 0 spiro atoms. The van der Waals surface area contributed by atoms with Gasteiger partial charge in [0, 0.05) is 48.5 Å². The predicted octanol–water partition coefficient (Wildman–Crippen LogP) is 4.12. The smallest absolute Gasteiger partial charge is 0.367 e. The van der Waals surface area contributed by atoms with Crippen LogP contribution in [-0.4, -0.2) is 76.9 Å². The van der Waals surface area contributed by atoms with Gasteiger partial charge in [-0.05, 0) is 83.9 Å². The summed E-state index contributed by atoms with van der Waals surface area (Å²) >= 11 is 0. The van der Waals surface area contributed by atoms with Crippen molar-refractivity contribution >= 4 is 29.3 Å². The van der Waals surface area contributed by atoms with E-state index < -0.39 is 11.7 Å². The number of hydrogen-bond donors (Lipinski definition) is 3. The number of likely N-dealkylation sites (tertiary alicyclic amines) is 1. The lowest BCUT2D eigenvalue weighted by molar-refractivity contribution is -0.137. The molecule has 9 nitrogen and oxygen atoms in total. The zero-order valence-electron chi connectivity index (χ0n) is 22.7. The van der Waals surface area contributed by atoms with Gasteiger partial charge in [-0.25, -0.2) is 4.98 Å². The number of alkyl halides is 3. The van der Waals surface area contributed by atoms with Crippen LogP contribution in [0, 0.1) is 5.92 Å². The van der Waals surface area contributed by atoms with Crippen molar-refractivity contribution in [3.05, 3.63) is 41.6 Å². The van der Waals surface area contributed by atoms with Crippen LogP contribution in [0.15, 0.2) is 30.5 Å². The van der Waals surface area contributed by atoms with Crippen LogP contribution in [0.5, 0.6) is 0 Å². The summed E-state index contributed by atoms with van der Waals surface area (Å²) in [6.45, 7) is 5.61. The Kier molecular flexibility index (Phi) is 8.63. The molecule has 2 fully saturated rings. The Morgan fingerprint density at radius 2 is 1.74 bits per heavy atom. The van der Waals surface area contributed by atoms with E-state index in [4.69, 9.17) is 0 Å². The molecule has 2 heterocycles. The lowest BCUT2D eigenvalue weighted by Gasteiger charge is -2.36. The van der Waals surface area contributed by atoms with Crippen LogP contribution < -0.4 is 16.0 Å². The second kappa shape index (κ2) is 11.8. The Morgan fingerprint density at radius 3 is 2.33 bits per heavy atom. The zero-order valence-corrected chi connectivity index (χ0v) is 22.7. The highest BCUT2D eigenvalue weighted by molar-refractivity contribution is 5.94. The molecule has 0 atom stereocenters. The predicted molar refractivity (Wildman–Crippen MR) is 143 cm³/mol. The first-order valence-corrected chi connectivity index (χ1v) is 13.2. The van der Waals surface area contributed by atoms with Crippen LogP contribution in [0.2, 0.25) is 0 Å². The maximum atomic E-state index is 13.6. The van der Waals surface area contributed by atoms with Crippen LogP contribution in [0.25, 0.3) is 0 Å². The van der Waals surface area contributed by atoms with Gasteiger partial charge in [-0.1, -0.05) is 0 Å². The van der Waals surface area contributed by atoms with Gasteiger partial charge in [0.05, 0.1) is 0 Å². The molecule has 1 aromatic carbocycles. The van der Waals surface area contributed by atoms with E-state index in [0.29, 0.717) is 24.1 Å². The Balaban J connectivity index is 1.40. The zero-order chi connectivity index (χ0) is 28.3. The van der Waals surface area contributed by atoms with Gasteiger partial charge in [0.25, 0.3) is 5.91 Å². The first-order chi connectivity index (χ1) is 18.4. The molecular formula is C27H36F3N7O2. The number of amides is 2. The third kappa shape index (κ3) is 7.17. The van der Waals surface area contributed by atoms with Gasteiger partial charge in [0.2, 0.25) is 11.9 Å². The van der Waals surface area contributed by atoms with Gasteiger partial charge < -0.3 is 25.8 Å². The van der Waals surface area contributed by atoms with Gasteiger partial charge >= 0.3 is 6.18 Å². The second-order valence-electron chi connectivity index (χ2n) is 10.8. The number of carbonyl (C=O) groups excluding carboxylic acids is 2. The number of anilines is 3. The topological polar surface area (TPSA) is 102 Å². The minimum absolute atomic E-state index is 0.00381. The normalized spacial score (nSPS) is 20.3.